The molecule has 2 aromatic rings. The molecular weight excluding hydrogens is 341 g/mol. The Kier molecular flexibility index (Phi) is 8.89. The van der Waals surface area contributed by atoms with Gasteiger partial charge >= 0.3 is 0 Å². The molecular formula is C20H29CoN3. The molecule has 2 aromatic carbocycles. The first-order valence-corrected chi connectivity index (χ1v) is 8.40. The van der Waals surface area contributed by atoms with E-state index >= 15 is 0 Å². The van der Waals surface area contributed by atoms with Gasteiger partial charge < -0.3 is 16.0 Å². The average Bonchev–Trinajstić information content (AvgIpc) is 2.51. The Morgan fingerprint density at radius 2 is 0.917 bits per heavy atom. The van der Waals surface area contributed by atoms with Crippen LogP contribution in [0.4, 0.5) is 11.4 Å². The van der Waals surface area contributed by atoms with Crippen LogP contribution in [0.15, 0.2) is 36.4 Å². The van der Waals surface area contributed by atoms with Crippen LogP contribution in [0.5, 0.6) is 0 Å². The van der Waals surface area contributed by atoms with Crippen LogP contribution in [0.1, 0.15) is 22.3 Å². The molecule has 0 saturated carbocycles. The molecule has 0 atom stereocenters. The summed E-state index contributed by atoms with van der Waals surface area (Å²) in [6, 6.07) is 12.8. The van der Waals surface area contributed by atoms with Crippen LogP contribution in [0.3, 0.4) is 0 Å². The molecule has 3 nitrogen and oxygen atoms in total. The van der Waals surface area contributed by atoms with E-state index in [0.717, 1.165) is 26.2 Å². The average molecular weight is 370 g/mol. The maximum Gasteiger partial charge on any atom is 0.0400 e. The minimum atomic E-state index is 0. The standard InChI is InChI=1S/C20H29N3.Co/c1-15-7-5-8-16(2)19(15)22-13-11-21-12-14-23-20-17(3)9-6-10-18(20)4;/h5-10,21-23H,11-14H2,1-4H3;. The van der Waals surface area contributed by atoms with Crippen molar-refractivity contribution in [1.29, 1.82) is 0 Å². The van der Waals surface area contributed by atoms with Crippen molar-refractivity contribution in [2.45, 2.75) is 27.7 Å². The van der Waals surface area contributed by atoms with Crippen LogP contribution in [0.25, 0.3) is 0 Å². The summed E-state index contributed by atoms with van der Waals surface area (Å²) in [5, 5.41) is 10.5. The van der Waals surface area contributed by atoms with Crippen molar-refractivity contribution in [3.8, 4) is 0 Å². The van der Waals surface area contributed by atoms with E-state index in [0.29, 0.717) is 0 Å². The van der Waals surface area contributed by atoms with Crippen LogP contribution >= 0.6 is 0 Å². The smallest absolute Gasteiger partial charge is 0.0400 e. The van der Waals surface area contributed by atoms with Crippen molar-refractivity contribution in [2.24, 2.45) is 0 Å². The Hall–Kier alpha value is -1.49. The molecule has 0 aliphatic rings. The second-order valence-corrected chi connectivity index (χ2v) is 6.14. The molecule has 4 heteroatoms. The SMILES string of the molecule is Cc1cccc(C)c1NCCNCCNc1c(C)cccc1C.[Co]. The van der Waals surface area contributed by atoms with E-state index in [1.54, 1.807) is 0 Å². The predicted molar refractivity (Wildman–Crippen MR) is 102 cm³/mol. The zero-order valence-electron chi connectivity index (χ0n) is 15.1. The number of nitrogens with one attached hydrogen (secondary N) is 3. The fourth-order valence-electron chi connectivity index (χ4n) is 2.86. The van der Waals surface area contributed by atoms with Gasteiger partial charge in [0, 0.05) is 54.3 Å². The molecule has 0 fully saturated rings. The summed E-state index contributed by atoms with van der Waals surface area (Å²) in [6.07, 6.45) is 0. The number of para-hydroxylation sites is 2. The Balaban J connectivity index is 0.00000288. The number of aryl methyl sites for hydroxylation is 4. The zero-order valence-corrected chi connectivity index (χ0v) is 16.2. The molecule has 0 aromatic heterocycles. The van der Waals surface area contributed by atoms with Crippen LogP contribution < -0.4 is 16.0 Å². The summed E-state index contributed by atoms with van der Waals surface area (Å²) in [6.45, 7) is 12.4. The van der Waals surface area contributed by atoms with Gasteiger partial charge in [-0.15, -0.1) is 0 Å². The second-order valence-electron chi connectivity index (χ2n) is 6.14. The van der Waals surface area contributed by atoms with Gasteiger partial charge in [-0.25, -0.2) is 0 Å². The maximum absolute atomic E-state index is 3.53. The summed E-state index contributed by atoms with van der Waals surface area (Å²) in [4.78, 5) is 0. The molecule has 0 aliphatic heterocycles. The van der Waals surface area contributed by atoms with Crippen LogP contribution in [-0.4, -0.2) is 26.2 Å². The minimum Gasteiger partial charge on any atom is -0.383 e. The fraction of sp³-hybridized carbons (Fsp3) is 0.400. The predicted octanol–water partition coefficient (Wildman–Crippen LogP) is 4.03. The number of hydrogen-bond donors (Lipinski definition) is 3. The zero-order chi connectivity index (χ0) is 16.7. The topological polar surface area (TPSA) is 36.1 Å². The molecule has 0 bridgehead atoms. The summed E-state index contributed by atoms with van der Waals surface area (Å²) < 4.78 is 0. The summed E-state index contributed by atoms with van der Waals surface area (Å²) in [5.41, 5.74) is 7.76. The minimum absolute atomic E-state index is 0. The van der Waals surface area contributed by atoms with Gasteiger partial charge in [-0.1, -0.05) is 36.4 Å². The fourth-order valence-corrected chi connectivity index (χ4v) is 2.86. The van der Waals surface area contributed by atoms with Crippen LogP contribution in [0.2, 0.25) is 0 Å². The van der Waals surface area contributed by atoms with E-state index < -0.39 is 0 Å². The van der Waals surface area contributed by atoms with E-state index in [9.17, 15) is 0 Å². The number of anilines is 2. The van der Waals surface area contributed by atoms with Gasteiger partial charge in [0.15, 0.2) is 0 Å². The van der Waals surface area contributed by atoms with Gasteiger partial charge in [0.2, 0.25) is 0 Å². The van der Waals surface area contributed by atoms with Gasteiger partial charge in [0.1, 0.15) is 0 Å². The van der Waals surface area contributed by atoms with Gasteiger partial charge in [-0.3, -0.25) is 0 Å². The van der Waals surface area contributed by atoms with Crippen molar-refractivity contribution in [1.82, 2.24) is 5.32 Å². The third kappa shape index (κ3) is 5.85. The summed E-state index contributed by atoms with van der Waals surface area (Å²) >= 11 is 0. The molecule has 24 heavy (non-hydrogen) atoms. The van der Waals surface area contributed by atoms with Crippen molar-refractivity contribution in [3.05, 3.63) is 58.7 Å². The van der Waals surface area contributed by atoms with Gasteiger partial charge in [-0.2, -0.15) is 0 Å². The Morgan fingerprint density at radius 3 is 1.25 bits per heavy atom. The Labute approximate surface area is 156 Å². The van der Waals surface area contributed by atoms with Crippen molar-refractivity contribution >= 4 is 11.4 Å². The van der Waals surface area contributed by atoms with Crippen molar-refractivity contribution < 1.29 is 16.8 Å². The molecule has 3 N–H and O–H groups in total. The third-order valence-electron chi connectivity index (χ3n) is 4.17. The maximum atomic E-state index is 3.53. The van der Waals surface area contributed by atoms with Gasteiger partial charge in [0.05, 0.1) is 0 Å². The first-order chi connectivity index (χ1) is 11.1. The quantitative estimate of drug-likeness (QED) is 0.614. The summed E-state index contributed by atoms with van der Waals surface area (Å²) in [7, 11) is 0. The van der Waals surface area contributed by atoms with Crippen molar-refractivity contribution in [3.63, 3.8) is 0 Å². The van der Waals surface area contributed by atoms with Gasteiger partial charge in [0.25, 0.3) is 0 Å². The molecule has 0 heterocycles. The molecule has 0 saturated heterocycles. The normalized spacial score (nSPS) is 10.2. The monoisotopic (exact) mass is 370 g/mol. The number of rotatable bonds is 8. The molecule has 0 amide bonds. The third-order valence-corrected chi connectivity index (χ3v) is 4.17. The van der Waals surface area contributed by atoms with E-state index in [1.165, 1.54) is 33.6 Å². The molecule has 1 radical (unpaired) electrons. The first kappa shape index (κ1) is 20.6. The number of hydrogen-bond acceptors (Lipinski definition) is 3. The van der Waals surface area contributed by atoms with Gasteiger partial charge in [-0.05, 0) is 49.9 Å². The second kappa shape index (κ2) is 10.4. The molecule has 0 unspecified atom stereocenters. The van der Waals surface area contributed by atoms with Crippen LogP contribution in [0, 0.1) is 27.7 Å². The molecule has 0 spiro atoms. The van der Waals surface area contributed by atoms with E-state index in [1.807, 2.05) is 0 Å². The van der Waals surface area contributed by atoms with E-state index in [-0.39, 0.29) is 16.8 Å². The van der Waals surface area contributed by atoms with E-state index in [2.05, 4.69) is 80.0 Å². The van der Waals surface area contributed by atoms with Crippen molar-refractivity contribution in [2.75, 3.05) is 36.8 Å². The number of benzene rings is 2. The summed E-state index contributed by atoms with van der Waals surface area (Å²) in [5.74, 6) is 0. The Bertz CT molecular complexity index is 545. The largest absolute Gasteiger partial charge is 0.383 e. The van der Waals surface area contributed by atoms with E-state index in [4.69, 9.17) is 0 Å². The molecule has 133 valence electrons. The Morgan fingerprint density at radius 1 is 0.583 bits per heavy atom. The molecule has 0 aliphatic carbocycles. The van der Waals surface area contributed by atoms with Crippen LogP contribution in [-0.2, 0) is 16.8 Å². The first-order valence-electron chi connectivity index (χ1n) is 8.40. The molecule has 2 rings (SSSR count).